The average Bonchev–Trinajstić information content (AvgIpc) is 2.78. The second kappa shape index (κ2) is 9.30. The summed E-state index contributed by atoms with van der Waals surface area (Å²) in [5.41, 5.74) is 0.744. The fourth-order valence-corrected chi connectivity index (χ4v) is 11.3. The highest BCUT2D eigenvalue weighted by molar-refractivity contribution is 5.12. The summed E-state index contributed by atoms with van der Waals surface area (Å²) in [5.74, 6) is 5.73. The van der Waals surface area contributed by atoms with Gasteiger partial charge < -0.3 is 18.9 Å². The van der Waals surface area contributed by atoms with Crippen LogP contribution in [0.25, 0.3) is 0 Å². The Morgan fingerprint density at radius 1 is 0.382 bits per heavy atom. The minimum Gasteiger partial charge on any atom is -0.379 e. The molecule has 2 atom stereocenters. The molecular weight excluding hydrogens is 424 g/mol. The van der Waals surface area contributed by atoms with Crippen LogP contribution < -0.4 is 0 Å². The molecule has 9 fully saturated rings. The summed E-state index contributed by atoms with van der Waals surface area (Å²) >= 11 is 0. The zero-order valence-corrected chi connectivity index (χ0v) is 21.4. The smallest absolute Gasteiger partial charge is 0.0898 e. The summed E-state index contributed by atoms with van der Waals surface area (Å²) < 4.78 is 26.0. The van der Waals surface area contributed by atoms with Gasteiger partial charge in [0.15, 0.2) is 0 Å². The minimum atomic E-state index is 0.293. The Labute approximate surface area is 207 Å². The van der Waals surface area contributed by atoms with E-state index in [1.54, 1.807) is 0 Å². The number of hydrogen-bond donors (Lipinski definition) is 0. The van der Waals surface area contributed by atoms with E-state index in [2.05, 4.69) is 0 Å². The molecule has 0 aromatic heterocycles. The Morgan fingerprint density at radius 2 is 0.706 bits per heavy atom. The van der Waals surface area contributed by atoms with Gasteiger partial charge in [0.1, 0.15) is 0 Å². The zero-order chi connectivity index (χ0) is 22.6. The highest BCUT2D eigenvalue weighted by Crippen LogP contribution is 2.67. The molecule has 1 aliphatic heterocycles. The average molecular weight is 473 g/mol. The van der Waals surface area contributed by atoms with E-state index in [0.717, 1.165) is 74.8 Å². The quantitative estimate of drug-likeness (QED) is 0.493. The lowest BCUT2D eigenvalue weighted by Crippen LogP contribution is -2.63. The fourth-order valence-electron chi connectivity index (χ4n) is 11.3. The van der Waals surface area contributed by atoms with Crippen molar-refractivity contribution in [1.82, 2.24) is 0 Å². The summed E-state index contributed by atoms with van der Waals surface area (Å²) in [6, 6.07) is 0. The SMILES string of the molecule is C1COCCOCCCO[C@@H](C23CC4CC(CC(C4)C2)C3)C(C23CC4CC(CC(C4)C2)C3)OC1. The largest absolute Gasteiger partial charge is 0.379 e. The molecule has 1 unspecified atom stereocenters. The second-order valence-electron chi connectivity index (χ2n) is 14.1. The number of ether oxygens (including phenoxy) is 4. The third kappa shape index (κ3) is 4.21. The van der Waals surface area contributed by atoms with E-state index in [9.17, 15) is 0 Å². The first-order valence-electron chi connectivity index (χ1n) is 15.1. The molecule has 4 nitrogen and oxygen atoms in total. The Hall–Kier alpha value is -0.160. The van der Waals surface area contributed by atoms with Gasteiger partial charge in [0.05, 0.1) is 25.4 Å². The molecule has 34 heavy (non-hydrogen) atoms. The van der Waals surface area contributed by atoms with E-state index in [1.165, 1.54) is 77.0 Å². The van der Waals surface area contributed by atoms with Crippen LogP contribution in [0.4, 0.5) is 0 Å². The normalized spacial score (nSPS) is 53.6. The molecule has 8 saturated carbocycles. The van der Waals surface area contributed by atoms with E-state index >= 15 is 0 Å². The molecule has 0 aromatic rings. The zero-order valence-electron chi connectivity index (χ0n) is 21.4. The first-order valence-corrected chi connectivity index (χ1v) is 15.1. The lowest BCUT2D eigenvalue weighted by molar-refractivity contribution is -0.240. The number of rotatable bonds is 2. The maximum atomic E-state index is 7.14. The monoisotopic (exact) mass is 472 g/mol. The topological polar surface area (TPSA) is 36.9 Å². The Kier molecular flexibility index (Phi) is 6.29. The van der Waals surface area contributed by atoms with Crippen LogP contribution in [0, 0.1) is 46.3 Å². The van der Waals surface area contributed by atoms with Gasteiger partial charge in [-0.25, -0.2) is 0 Å². The Morgan fingerprint density at radius 3 is 1.03 bits per heavy atom. The van der Waals surface area contributed by atoms with Crippen molar-refractivity contribution in [2.75, 3.05) is 39.6 Å². The van der Waals surface area contributed by atoms with Crippen molar-refractivity contribution in [1.29, 1.82) is 0 Å². The van der Waals surface area contributed by atoms with Gasteiger partial charge in [-0.1, -0.05) is 0 Å². The van der Waals surface area contributed by atoms with Crippen LogP contribution in [-0.4, -0.2) is 51.8 Å². The molecule has 8 aliphatic carbocycles. The Balaban J connectivity index is 1.21. The van der Waals surface area contributed by atoms with Gasteiger partial charge in [-0.15, -0.1) is 0 Å². The molecule has 192 valence electrons. The number of hydrogen-bond acceptors (Lipinski definition) is 4. The standard InChI is InChI=1S/C30H48O4/c1-3-31-7-8-32-4-2-6-34-28(30-18-24-12-25(19-30)14-26(13-24)20-30)27(33-5-1)29-15-21-9-22(16-29)11-23(10-21)17-29/h21-28H,1-20H2/t21?,22?,23?,24?,25?,26?,27-,28?,29?,30?/m1/s1. The third-order valence-electron chi connectivity index (χ3n) is 11.5. The van der Waals surface area contributed by atoms with Gasteiger partial charge in [-0.3, -0.25) is 0 Å². The molecule has 1 saturated heterocycles. The first-order chi connectivity index (χ1) is 16.7. The van der Waals surface area contributed by atoms with E-state index in [4.69, 9.17) is 18.9 Å². The highest BCUT2D eigenvalue weighted by atomic mass is 16.5. The minimum absolute atomic E-state index is 0.293. The van der Waals surface area contributed by atoms with Crippen molar-refractivity contribution in [3.8, 4) is 0 Å². The summed E-state index contributed by atoms with van der Waals surface area (Å²) in [5, 5.41) is 0. The summed E-state index contributed by atoms with van der Waals surface area (Å²) in [4.78, 5) is 0. The van der Waals surface area contributed by atoms with Crippen molar-refractivity contribution in [3.63, 3.8) is 0 Å². The molecule has 8 bridgehead atoms. The molecule has 0 aromatic carbocycles. The van der Waals surface area contributed by atoms with Gasteiger partial charge in [0.25, 0.3) is 0 Å². The molecule has 0 spiro atoms. The maximum Gasteiger partial charge on any atom is 0.0898 e. The molecule has 0 amide bonds. The molecule has 9 aliphatic rings. The molecule has 9 rings (SSSR count). The van der Waals surface area contributed by atoms with Crippen LogP contribution in [0.3, 0.4) is 0 Å². The first kappa shape index (κ1) is 23.0. The van der Waals surface area contributed by atoms with Gasteiger partial charge in [-0.05, 0) is 136 Å². The lowest BCUT2D eigenvalue weighted by atomic mass is 9.43. The summed E-state index contributed by atoms with van der Waals surface area (Å²) in [6.45, 7) is 4.66. The second-order valence-corrected chi connectivity index (χ2v) is 14.1. The van der Waals surface area contributed by atoms with Crippen LogP contribution in [0.15, 0.2) is 0 Å². The van der Waals surface area contributed by atoms with Crippen LogP contribution in [0.2, 0.25) is 0 Å². The molecule has 0 N–H and O–H groups in total. The Bertz CT molecular complexity index is 588. The maximum absolute atomic E-state index is 7.14. The van der Waals surface area contributed by atoms with Crippen LogP contribution >= 0.6 is 0 Å². The fraction of sp³-hybridized carbons (Fsp3) is 1.00. The molecular formula is C30H48O4. The van der Waals surface area contributed by atoms with Crippen molar-refractivity contribution in [2.24, 2.45) is 46.3 Å². The van der Waals surface area contributed by atoms with Crippen LogP contribution in [0.1, 0.15) is 89.9 Å². The molecule has 4 heteroatoms. The van der Waals surface area contributed by atoms with Crippen molar-refractivity contribution in [3.05, 3.63) is 0 Å². The third-order valence-corrected chi connectivity index (χ3v) is 11.5. The predicted molar refractivity (Wildman–Crippen MR) is 132 cm³/mol. The van der Waals surface area contributed by atoms with E-state index in [1.807, 2.05) is 0 Å². The summed E-state index contributed by atoms with van der Waals surface area (Å²) in [6.07, 6.45) is 20.1. The predicted octanol–water partition coefficient (Wildman–Crippen LogP) is 6.02. The van der Waals surface area contributed by atoms with Gasteiger partial charge in [0, 0.05) is 26.4 Å². The van der Waals surface area contributed by atoms with E-state index in [-0.39, 0.29) is 0 Å². The van der Waals surface area contributed by atoms with Crippen LogP contribution in [-0.2, 0) is 18.9 Å². The lowest BCUT2D eigenvalue weighted by Gasteiger charge is -2.64. The van der Waals surface area contributed by atoms with Crippen molar-refractivity contribution >= 4 is 0 Å². The van der Waals surface area contributed by atoms with Gasteiger partial charge >= 0.3 is 0 Å². The van der Waals surface area contributed by atoms with Crippen molar-refractivity contribution in [2.45, 2.75) is 102 Å². The van der Waals surface area contributed by atoms with E-state index < -0.39 is 0 Å². The van der Waals surface area contributed by atoms with E-state index in [0.29, 0.717) is 36.3 Å². The summed E-state index contributed by atoms with van der Waals surface area (Å²) in [7, 11) is 0. The van der Waals surface area contributed by atoms with Gasteiger partial charge in [0.2, 0.25) is 0 Å². The van der Waals surface area contributed by atoms with Gasteiger partial charge in [-0.2, -0.15) is 0 Å². The molecule has 1 heterocycles. The molecule has 0 radical (unpaired) electrons. The van der Waals surface area contributed by atoms with Crippen LogP contribution in [0.5, 0.6) is 0 Å². The highest BCUT2D eigenvalue weighted by Gasteiger charge is 2.62. The van der Waals surface area contributed by atoms with Crippen molar-refractivity contribution < 1.29 is 18.9 Å².